The largest absolute Gasteiger partial charge is 0.373 e. The highest BCUT2D eigenvalue weighted by Gasteiger charge is 2.22. The van der Waals surface area contributed by atoms with Crippen LogP contribution in [0.25, 0.3) is 0 Å². The summed E-state index contributed by atoms with van der Waals surface area (Å²) in [5.74, 6) is -0.0903. The molecule has 1 heterocycles. The van der Waals surface area contributed by atoms with Crippen molar-refractivity contribution >= 4 is 15.9 Å². The summed E-state index contributed by atoms with van der Waals surface area (Å²) >= 11 is 0. The van der Waals surface area contributed by atoms with E-state index in [1.54, 1.807) is 17.0 Å². The van der Waals surface area contributed by atoms with Gasteiger partial charge in [0.05, 0.1) is 17.1 Å². The van der Waals surface area contributed by atoms with Crippen molar-refractivity contribution in [3.05, 3.63) is 29.8 Å². The molecule has 152 valence electrons. The smallest absolute Gasteiger partial charge is 0.253 e. The van der Waals surface area contributed by atoms with E-state index in [0.29, 0.717) is 31.7 Å². The zero-order valence-electron chi connectivity index (χ0n) is 16.6. The van der Waals surface area contributed by atoms with Crippen LogP contribution >= 0.6 is 0 Å². The Bertz CT molecular complexity index is 707. The highest BCUT2D eigenvalue weighted by atomic mass is 32.2. The minimum Gasteiger partial charge on any atom is -0.373 e. The number of benzene rings is 1. The van der Waals surface area contributed by atoms with Crippen LogP contribution < -0.4 is 4.72 Å². The first kappa shape index (κ1) is 21.8. The molecule has 1 fully saturated rings. The second-order valence-electron chi connectivity index (χ2n) is 6.92. The first-order valence-corrected chi connectivity index (χ1v) is 11.0. The maximum atomic E-state index is 12.5. The number of rotatable bonds is 8. The molecule has 1 N–H and O–H groups in total. The number of nitrogens with one attached hydrogen (secondary N) is 1. The fourth-order valence-corrected chi connectivity index (χ4v) is 4.38. The van der Waals surface area contributed by atoms with E-state index in [2.05, 4.69) is 9.62 Å². The van der Waals surface area contributed by atoms with Crippen LogP contribution in [0.4, 0.5) is 0 Å². The van der Waals surface area contributed by atoms with E-state index in [-0.39, 0.29) is 23.0 Å². The van der Waals surface area contributed by atoms with E-state index >= 15 is 0 Å². The molecule has 8 heteroatoms. The van der Waals surface area contributed by atoms with Crippen molar-refractivity contribution in [1.29, 1.82) is 0 Å². The highest BCUT2D eigenvalue weighted by molar-refractivity contribution is 7.89. The second kappa shape index (κ2) is 9.64. The van der Waals surface area contributed by atoms with Crippen LogP contribution in [-0.4, -0.2) is 75.6 Å². The molecule has 1 aliphatic heterocycles. The van der Waals surface area contributed by atoms with E-state index in [9.17, 15) is 13.2 Å². The van der Waals surface area contributed by atoms with Crippen LogP contribution in [0, 0.1) is 0 Å². The number of carbonyl (C=O) groups is 1. The number of hydrogen-bond acceptors (Lipinski definition) is 5. The summed E-state index contributed by atoms with van der Waals surface area (Å²) in [4.78, 5) is 16.4. The van der Waals surface area contributed by atoms with Crippen molar-refractivity contribution < 1.29 is 17.9 Å². The fraction of sp³-hybridized carbons (Fsp3) is 0.632. The molecule has 1 amide bonds. The van der Waals surface area contributed by atoms with E-state index in [1.807, 2.05) is 27.7 Å². The molecule has 0 aromatic heterocycles. The van der Waals surface area contributed by atoms with Crippen molar-refractivity contribution in [1.82, 2.24) is 14.5 Å². The summed E-state index contributed by atoms with van der Waals surface area (Å²) in [5, 5.41) is 0. The first-order valence-electron chi connectivity index (χ1n) is 9.53. The summed E-state index contributed by atoms with van der Waals surface area (Å²) in [6.45, 7) is 11.7. The van der Waals surface area contributed by atoms with Crippen LogP contribution in [0.5, 0.6) is 0 Å². The third-order valence-corrected chi connectivity index (χ3v) is 6.15. The summed E-state index contributed by atoms with van der Waals surface area (Å²) in [5.41, 5.74) is 0.494. The second-order valence-corrected chi connectivity index (χ2v) is 8.68. The molecule has 1 aromatic carbocycles. The molecule has 0 radical (unpaired) electrons. The number of sulfonamides is 1. The van der Waals surface area contributed by atoms with Gasteiger partial charge in [-0.15, -0.1) is 0 Å². The van der Waals surface area contributed by atoms with Gasteiger partial charge in [-0.25, -0.2) is 13.1 Å². The number of nitrogens with zero attached hydrogens (tertiary/aromatic N) is 2. The topological polar surface area (TPSA) is 79.0 Å². The van der Waals surface area contributed by atoms with Gasteiger partial charge in [0, 0.05) is 44.8 Å². The predicted molar refractivity (Wildman–Crippen MR) is 105 cm³/mol. The predicted octanol–water partition coefficient (Wildman–Crippen LogP) is 1.56. The molecular weight excluding hydrogens is 366 g/mol. The maximum absolute atomic E-state index is 12.5. The summed E-state index contributed by atoms with van der Waals surface area (Å²) in [6.07, 6.45) is 0.308. The molecule has 1 aliphatic rings. The maximum Gasteiger partial charge on any atom is 0.253 e. The molecule has 1 aromatic rings. The zero-order valence-corrected chi connectivity index (χ0v) is 17.5. The monoisotopic (exact) mass is 397 g/mol. The van der Waals surface area contributed by atoms with E-state index in [1.165, 1.54) is 12.1 Å². The Morgan fingerprint density at radius 3 is 2.22 bits per heavy atom. The van der Waals surface area contributed by atoms with Gasteiger partial charge in [0.25, 0.3) is 5.91 Å². The third kappa shape index (κ3) is 6.00. The van der Waals surface area contributed by atoms with Gasteiger partial charge in [-0.05, 0) is 52.0 Å². The van der Waals surface area contributed by atoms with Crippen LogP contribution in [-0.2, 0) is 14.8 Å². The molecule has 2 unspecified atom stereocenters. The van der Waals surface area contributed by atoms with Gasteiger partial charge in [0.1, 0.15) is 0 Å². The number of hydrogen-bond donors (Lipinski definition) is 1. The number of morpholine rings is 1. The standard InChI is InChI=1S/C19H31N3O4S/c1-5-22(6-2)19(23)17-7-9-18(10-8-17)27(24,25)20-11-12-21-13-15(3)26-16(4)14-21/h7-10,15-16,20H,5-6,11-14H2,1-4H3. The number of carbonyl (C=O) groups excluding carboxylic acids is 1. The first-order chi connectivity index (χ1) is 12.8. The Morgan fingerprint density at radius 2 is 1.70 bits per heavy atom. The molecule has 0 bridgehead atoms. The number of amides is 1. The average molecular weight is 398 g/mol. The van der Waals surface area contributed by atoms with Crippen LogP contribution in [0.3, 0.4) is 0 Å². The molecule has 0 spiro atoms. The van der Waals surface area contributed by atoms with Gasteiger partial charge in [-0.1, -0.05) is 0 Å². The molecule has 2 rings (SSSR count). The van der Waals surface area contributed by atoms with Crippen molar-refractivity contribution in [3.8, 4) is 0 Å². The van der Waals surface area contributed by atoms with Crippen molar-refractivity contribution in [2.45, 2.75) is 44.8 Å². The Kier molecular flexibility index (Phi) is 7.79. The van der Waals surface area contributed by atoms with Gasteiger partial charge in [0.15, 0.2) is 0 Å². The van der Waals surface area contributed by atoms with Crippen LogP contribution in [0.2, 0.25) is 0 Å². The zero-order chi connectivity index (χ0) is 20.0. The van der Waals surface area contributed by atoms with Gasteiger partial charge in [0.2, 0.25) is 10.0 Å². The SMILES string of the molecule is CCN(CC)C(=O)c1ccc(S(=O)(=O)NCCN2CC(C)OC(C)C2)cc1. The normalized spacial score (nSPS) is 21.2. The lowest BCUT2D eigenvalue weighted by Crippen LogP contribution is -2.47. The van der Waals surface area contributed by atoms with Crippen LogP contribution in [0.1, 0.15) is 38.1 Å². The Hall–Kier alpha value is -1.48. The van der Waals surface area contributed by atoms with Crippen LogP contribution in [0.15, 0.2) is 29.2 Å². The van der Waals surface area contributed by atoms with Crippen molar-refractivity contribution in [2.75, 3.05) is 39.3 Å². The minimum absolute atomic E-state index is 0.0903. The minimum atomic E-state index is -3.59. The number of ether oxygens (including phenoxy) is 1. The molecule has 2 atom stereocenters. The Balaban J connectivity index is 1.93. The van der Waals surface area contributed by atoms with E-state index in [4.69, 9.17) is 4.74 Å². The lowest BCUT2D eigenvalue weighted by atomic mass is 10.2. The van der Waals surface area contributed by atoms with E-state index < -0.39 is 10.0 Å². The Morgan fingerprint density at radius 1 is 1.15 bits per heavy atom. The molecule has 27 heavy (non-hydrogen) atoms. The third-order valence-electron chi connectivity index (χ3n) is 4.68. The van der Waals surface area contributed by atoms with Gasteiger partial charge < -0.3 is 9.64 Å². The van der Waals surface area contributed by atoms with Crippen molar-refractivity contribution in [2.24, 2.45) is 0 Å². The molecule has 0 saturated carbocycles. The molecule has 1 saturated heterocycles. The van der Waals surface area contributed by atoms with E-state index in [0.717, 1.165) is 13.1 Å². The molecular formula is C19H31N3O4S. The summed E-state index contributed by atoms with van der Waals surface area (Å²) in [6, 6.07) is 6.11. The van der Waals surface area contributed by atoms with Gasteiger partial charge in [-0.2, -0.15) is 0 Å². The summed E-state index contributed by atoms with van der Waals surface area (Å²) < 4.78 is 33.3. The summed E-state index contributed by atoms with van der Waals surface area (Å²) in [7, 11) is -3.59. The quantitative estimate of drug-likeness (QED) is 0.720. The fourth-order valence-electron chi connectivity index (χ4n) is 3.36. The van der Waals surface area contributed by atoms with Gasteiger partial charge >= 0.3 is 0 Å². The Labute approximate surface area is 162 Å². The highest BCUT2D eigenvalue weighted by Crippen LogP contribution is 2.13. The molecule has 0 aliphatic carbocycles. The van der Waals surface area contributed by atoms with Gasteiger partial charge in [-0.3, -0.25) is 9.69 Å². The average Bonchev–Trinajstić information content (AvgIpc) is 2.62. The lowest BCUT2D eigenvalue weighted by Gasteiger charge is -2.35. The lowest BCUT2D eigenvalue weighted by molar-refractivity contribution is -0.0671. The molecule has 7 nitrogen and oxygen atoms in total. The van der Waals surface area contributed by atoms with Crippen molar-refractivity contribution in [3.63, 3.8) is 0 Å².